The van der Waals surface area contributed by atoms with Crippen LogP contribution in [-0.2, 0) is 6.42 Å². The molecule has 0 spiro atoms. The van der Waals surface area contributed by atoms with E-state index in [1.165, 1.54) is 6.20 Å². The van der Waals surface area contributed by atoms with E-state index in [1.807, 2.05) is 55.5 Å². The summed E-state index contributed by atoms with van der Waals surface area (Å²) in [5.41, 5.74) is 17.2. The Bertz CT molecular complexity index is 1370. The van der Waals surface area contributed by atoms with Crippen LogP contribution in [0.2, 0.25) is 0 Å². The van der Waals surface area contributed by atoms with Gasteiger partial charge in [0.15, 0.2) is 11.5 Å². The van der Waals surface area contributed by atoms with Crippen LogP contribution in [0, 0.1) is 6.92 Å². The topological polar surface area (TPSA) is 125 Å². The van der Waals surface area contributed by atoms with E-state index in [2.05, 4.69) is 15.3 Å². The van der Waals surface area contributed by atoms with Gasteiger partial charge >= 0.3 is 0 Å². The average molecular weight is 470 g/mol. The molecule has 0 fully saturated rings. The molecule has 4 rings (SSSR count). The number of hydrogen-bond acceptors (Lipinski definition) is 7. The van der Waals surface area contributed by atoms with Gasteiger partial charge in [0.25, 0.3) is 5.91 Å². The van der Waals surface area contributed by atoms with Crippen molar-refractivity contribution in [3.63, 3.8) is 0 Å². The van der Waals surface area contributed by atoms with Gasteiger partial charge in [0, 0.05) is 23.2 Å². The summed E-state index contributed by atoms with van der Waals surface area (Å²) in [6.07, 6.45) is 1.91. The maximum Gasteiger partial charge on any atom is 0.255 e. The Morgan fingerprint density at radius 3 is 2.46 bits per heavy atom. The molecule has 5 N–H and O–H groups in total. The molecular weight excluding hydrogens is 442 g/mol. The van der Waals surface area contributed by atoms with Crippen LogP contribution < -0.4 is 26.3 Å². The number of aromatic nitrogens is 2. The molecule has 0 aliphatic rings. The first kappa shape index (κ1) is 23.6. The van der Waals surface area contributed by atoms with Gasteiger partial charge in [-0.05, 0) is 54.4 Å². The molecular formula is C27H27N5O3. The third-order valence-corrected chi connectivity index (χ3v) is 5.55. The number of nitrogen functional groups attached to an aromatic ring is 2. The predicted octanol–water partition coefficient (Wildman–Crippen LogP) is 4.48. The van der Waals surface area contributed by atoms with Crippen LogP contribution in [0.3, 0.4) is 0 Å². The van der Waals surface area contributed by atoms with Crippen molar-refractivity contribution < 1.29 is 14.3 Å². The number of amides is 1. The number of benzene rings is 3. The highest BCUT2D eigenvalue weighted by molar-refractivity contribution is 6.04. The standard InChI is InChI=1S/C27H27N5O3/c1-16-7-9-18(10-8-16)27(33)31-20-6-4-5-19(14-20)21-11-17(13-23(34-2)25(21)35-3)12-22-26(29)32-24(28)15-30-22/h4-11,13-15H,12H2,1-3H3,(H,31,33)(H4,28,29,32). The van der Waals surface area contributed by atoms with E-state index in [1.54, 1.807) is 26.4 Å². The SMILES string of the molecule is COc1cc(Cc2ncc(N)nc2N)cc(-c2cccc(NC(=O)c3ccc(C)cc3)c2)c1OC. The number of methoxy groups -OCH3 is 2. The van der Waals surface area contributed by atoms with Gasteiger partial charge < -0.3 is 26.3 Å². The predicted molar refractivity (Wildman–Crippen MR) is 138 cm³/mol. The van der Waals surface area contributed by atoms with Crippen molar-refractivity contribution in [2.75, 3.05) is 31.0 Å². The lowest BCUT2D eigenvalue weighted by Crippen LogP contribution is -2.11. The molecule has 0 aliphatic carbocycles. The fourth-order valence-electron chi connectivity index (χ4n) is 3.78. The van der Waals surface area contributed by atoms with Crippen LogP contribution in [0.1, 0.15) is 27.2 Å². The number of nitrogens with zero attached hydrogens (tertiary/aromatic N) is 2. The second kappa shape index (κ2) is 10.1. The zero-order valence-electron chi connectivity index (χ0n) is 19.8. The summed E-state index contributed by atoms with van der Waals surface area (Å²) in [5, 5.41) is 2.96. The highest BCUT2D eigenvalue weighted by atomic mass is 16.5. The number of rotatable bonds is 7. The van der Waals surface area contributed by atoms with Gasteiger partial charge in [0.05, 0.1) is 26.1 Å². The third-order valence-electron chi connectivity index (χ3n) is 5.55. The Kier molecular flexibility index (Phi) is 6.82. The Labute approximate surface area is 203 Å². The zero-order valence-corrected chi connectivity index (χ0v) is 19.8. The van der Waals surface area contributed by atoms with Crippen molar-refractivity contribution >= 4 is 23.2 Å². The lowest BCUT2D eigenvalue weighted by atomic mass is 9.98. The van der Waals surface area contributed by atoms with E-state index in [-0.39, 0.29) is 17.5 Å². The second-order valence-corrected chi connectivity index (χ2v) is 8.08. The monoisotopic (exact) mass is 469 g/mol. The number of aryl methyl sites for hydroxylation is 1. The van der Waals surface area contributed by atoms with E-state index in [4.69, 9.17) is 20.9 Å². The zero-order chi connectivity index (χ0) is 24.9. The number of ether oxygens (including phenoxy) is 2. The minimum absolute atomic E-state index is 0.183. The van der Waals surface area contributed by atoms with E-state index in [0.717, 1.165) is 22.3 Å². The van der Waals surface area contributed by atoms with Crippen molar-refractivity contribution in [2.45, 2.75) is 13.3 Å². The van der Waals surface area contributed by atoms with E-state index < -0.39 is 0 Å². The van der Waals surface area contributed by atoms with Gasteiger partial charge in [0.1, 0.15) is 11.6 Å². The highest BCUT2D eigenvalue weighted by Gasteiger charge is 2.17. The molecule has 1 amide bonds. The summed E-state index contributed by atoms with van der Waals surface area (Å²) in [5.74, 6) is 1.51. The van der Waals surface area contributed by atoms with Crippen molar-refractivity contribution in [2.24, 2.45) is 0 Å². The minimum atomic E-state index is -0.183. The summed E-state index contributed by atoms with van der Waals surface area (Å²) in [6, 6.07) is 18.8. The summed E-state index contributed by atoms with van der Waals surface area (Å²) in [4.78, 5) is 21.1. The molecule has 8 nitrogen and oxygen atoms in total. The number of carbonyl (C=O) groups excluding carboxylic acids is 1. The summed E-state index contributed by atoms with van der Waals surface area (Å²) >= 11 is 0. The van der Waals surface area contributed by atoms with Crippen molar-refractivity contribution in [3.05, 3.63) is 89.2 Å². The molecule has 0 radical (unpaired) electrons. The van der Waals surface area contributed by atoms with Crippen molar-refractivity contribution in [1.29, 1.82) is 0 Å². The molecule has 0 atom stereocenters. The maximum atomic E-state index is 12.7. The fourth-order valence-corrected chi connectivity index (χ4v) is 3.78. The van der Waals surface area contributed by atoms with E-state index in [0.29, 0.717) is 34.9 Å². The van der Waals surface area contributed by atoms with Crippen LogP contribution in [-0.4, -0.2) is 30.1 Å². The molecule has 4 aromatic rings. The molecule has 178 valence electrons. The van der Waals surface area contributed by atoms with E-state index in [9.17, 15) is 4.79 Å². The van der Waals surface area contributed by atoms with Crippen LogP contribution in [0.15, 0.2) is 66.9 Å². The average Bonchev–Trinajstić information content (AvgIpc) is 2.85. The molecule has 0 aliphatic heterocycles. The first-order valence-electron chi connectivity index (χ1n) is 11.0. The summed E-state index contributed by atoms with van der Waals surface area (Å²) in [6.45, 7) is 1.98. The van der Waals surface area contributed by atoms with Crippen LogP contribution in [0.25, 0.3) is 11.1 Å². The van der Waals surface area contributed by atoms with Gasteiger partial charge in [-0.3, -0.25) is 9.78 Å². The van der Waals surface area contributed by atoms with Crippen molar-refractivity contribution in [1.82, 2.24) is 9.97 Å². The molecule has 0 bridgehead atoms. The number of nitrogens with one attached hydrogen (secondary N) is 1. The quantitative estimate of drug-likeness (QED) is 0.364. The Morgan fingerprint density at radius 1 is 1.00 bits per heavy atom. The second-order valence-electron chi connectivity index (χ2n) is 8.08. The minimum Gasteiger partial charge on any atom is -0.493 e. The number of nitrogens with two attached hydrogens (primary N) is 2. The molecule has 3 aromatic carbocycles. The lowest BCUT2D eigenvalue weighted by molar-refractivity contribution is 0.102. The van der Waals surface area contributed by atoms with Crippen LogP contribution >= 0.6 is 0 Å². The maximum absolute atomic E-state index is 12.7. The molecule has 1 heterocycles. The van der Waals surface area contributed by atoms with Gasteiger partial charge in [-0.1, -0.05) is 29.8 Å². The van der Waals surface area contributed by atoms with Crippen LogP contribution in [0.4, 0.5) is 17.3 Å². The highest BCUT2D eigenvalue weighted by Crippen LogP contribution is 2.40. The van der Waals surface area contributed by atoms with Crippen molar-refractivity contribution in [3.8, 4) is 22.6 Å². The molecule has 8 heteroatoms. The molecule has 0 saturated carbocycles. The number of hydrogen-bond donors (Lipinski definition) is 3. The van der Waals surface area contributed by atoms with Gasteiger partial charge in [-0.25, -0.2) is 4.98 Å². The Hall–Kier alpha value is -4.59. The molecule has 1 aromatic heterocycles. The molecule has 0 saturated heterocycles. The first-order valence-corrected chi connectivity index (χ1v) is 11.0. The first-order chi connectivity index (χ1) is 16.9. The summed E-state index contributed by atoms with van der Waals surface area (Å²) < 4.78 is 11.3. The van der Waals surface area contributed by atoms with Crippen LogP contribution in [0.5, 0.6) is 11.5 Å². The molecule has 35 heavy (non-hydrogen) atoms. The number of carbonyl (C=O) groups is 1. The fraction of sp³-hybridized carbons (Fsp3) is 0.148. The number of anilines is 3. The lowest BCUT2D eigenvalue weighted by Gasteiger charge is -2.16. The Balaban J connectivity index is 1.69. The van der Waals surface area contributed by atoms with Gasteiger partial charge in [-0.2, -0.15) is 0 Å². The largest absolute Gasteiger partial charge is 0.493 e. The van der Waals surface area contributed by atoms with E-state index >= 15 is 0 Å². The van der Waals surface area contributed by atoms with Gasteiger partial charge in [0.2, 0.25) is 0 Å². The van der Waals surface area contributed by atoms with Gasteiger partial charge in [-0.15, -0.1) is 0 Å². The molecule has 0 unspecified atom stereocenters. The normalized spacial score (nSPS) is 10.6. The smallest absolute Gasteiger partial charge is 0.255 e. The third kappa shape index (κ3) is 5.33. The Morgan fingerprint density at radius 2 is 1.77 bits per heavy atom. The summed E-state index contributed by atoms with van der Waals surface area (Å²) in [7, 11) is 3.18.